The molecule has 21 heavy (non-hydrogen) atoms. The highest BCUT2D eigenvalue weighted by Gasteiger charge is 2.49. The van der Waals surface area contributed by atoms with Crippen LogP contribution in [-0.2, 0) is 4.79 Å². The highest BCUT2D eigenvalue weighted by atomic mass is 35.5. The summed E-state index contributed by atoms with van der Waals surface area (Å²) < 4.78 is 5.34. The van der Waals surface area contributed by atoms with Crippen molar-refractivity contribution in [3.05, 3.63) is 32.3 Å². The summed E-state index contributed by atoms with van der Waals surface area (Å²) in [4.78, 5) is 21.3. The summed E-state index contributed by atoms with van der Waals surface area (Å²) in [5.74, 6) is -1.34. The smallest absolute Gasteiger partial charge is 0.327 e. The van der Waals surface area contributed by atoms with Gasteiger partial charge < -0.3 is 15.6 Å². The van der Waals surface area contributed by atoms with Crippen molar-refractivity contribution in [3.63, 3.8) is 0 Å². The zero-order valence-corrected chi connectivity index (χ0v) is 12.2. The third-order valence-corrected chi connectivity index (χ3v) is 3.91. The summed E-state index contributed by atoms with van der Waals surface area (Å²) in [7, 11) is 0. The number of halogens is 2. The Morgan fingerprint density at radius 2 is 2.00 bits per heavy atom. The number of hydrogen-bond donors (Lipinski definition) is 2. The Labute approximate surface area is 129 Å². The number of nitrogens with zero attached hydrogens (tertiary/aromatic N) is 1. The van der Waals surface area contributed by atoms with Gasteiger partial charge in [-0.3, -0.25) is 14.9 Å². The van der Waals surface area contributed by atoms with Crippen molar-refractivity contribution in [3.8, 4) is 5.75 Å². The number of carbonyl (C=O) groups is 1. The van der Waals surface area contributed by atoms with Gasteiger partial charge in [0, 0.05) is 12.1 Å². The first-order valence-corrected chi connectivity index (χ1v) is 6.80. The van der Waals surface area contributed by atoms with Crippen LogP contribution in [0.15, 0.2) is 12.1 Å². The largest absolute Gasteiger partial charge is 0.488 e. The van der Waals surface area contributed by atoms with E-state index >= 15 is 0 Å². The van der Waals surface area contributed by atoms with Crippen molar-refractivity contribution >= 4 is 34.9 Å². The Morgan fingerprint density at radius 1 is 1.48 bits per heavy atom. The molecule has 1 aliphatic rings. The van der Waals surface area contributed by atoms with E-state index in [1.54, 1.807) is 0 Å². The van der Waals surface area contributed by atoms with Crippen LogP contribution in [0.25, 0.3) is 0 Å². The van der Waals surface area contributed by atoms with E-state index in [0.29, 0.717) is 12.8 Å². The first-order valence-electron chi connectivity index (χ1n) is 6.04. The molecule has 1 unspecified atom stereocenters. The van der Waals surface area contributed by atoms with Gasteiger partial charge in [0.1, 0.15) is 6.61 Å². The maximum absolute atomic E-state index is 11.3. The van der Waals surface area contributed by atoms with E-state index in [4.69, 9.17) is 33.7 Å². The lowest BCUT2D eigenvalue weighted by Gasteiger charge is -2.25. The van der Waals surface area contributed by atoms with Gasteiger partial charge in [0.15, 0.2) is 11.3 Å². The second-order valence-electron chi connectivity index (χ2n) is 4.90. The molecule has 0 amide bonds. The minimum absolute atomic E-state index is 0.0133. The van der Waals surface area contributed by atoms with Crippen molar-refractivity contribution in [2.45, 2.75) is 18.4 Å². The molecule has 2 rings (SSSR count). The molecule has 0 bridgehead atoms. The number of nitro groups is 1. The number of benzene rings is 1. The summed E-state index contributed by atoms with van der Waals surface area (Å²) in [5, 5.41) is 19.7. The van der Waals surface area contributed by atoms with Crippen LogP contribution in [0.1, 0.15) is 12.8 Å². The SMILES string of the molecule is NC(COc1c(Cl)cc([N+](=O)[O-])cc1Cl)(C(=O)O)C1CC1. The molecule has 1 aliphatic carbocycles. The molecule has 0 spiro atoms. The van der Waals surface area contributed by atoms with Crippen LogP contribution in [0.4, 0.5) is 5.69 Å². The van der Waals surface area contributed by atoms with Gasteiger partial charge in [-0.05, 0) is 18.8 Å². The first-order chi connectivity index (χ1) is 9.75. The predicted molar refractivity (Wildman–Crippen MR) is 75.9 cm³/mol. The van der Waals surface area contributed by atoms with Crippen molar-refractivity contribution in [1.82, 2.24) is 0 Å². The Balaban J connectivity index is 2.20. The Kier molecular flexibility index (Phi) is 4.27. The number of nitrogens with two attached hydrogens (primary N) is 1. The van der Waals surface area contributed by atoms with Gasteiger partial charge in [0.05, 0.1) is 15.0 Å². The van der Waals surface area contributed by atoms with Crippen molar-refractivity contribution in [2.75, 3.05) is 6.61 Å². The number of hydrogen-bond acceptors (Lipinski definition) is 5. The van der Waals surface area contributed by atoms with Crippen LogP contribution in [-0.4, -0.2) is 28.1 Å². The quantitative estimate of drug-likeness (QED) is 0.609. The summed E-state index contributed by atoms with van der Waals surface area (Å²) in [5.41, 5.74) is 4.05. The van der Waals surface area contributed by atoms with Crippen molar-refractivity contribution in [1.29, 1.82) is 0 Å². The molecule has 7 nitrogen and oxygen atoms in total. The molecule has 1 aromatic rings. The zero-order chi connectivity index (χ0) is 15.8. The number of rotatable bonds is 6. The number of aliphatic carboxylic acids is 1. The highest BCUT2D eigenvalue weighted by Crippen LogP contribution is 2.41. The number of ether oxygens (including phenoxy) is 1. The number of carboxylic acids is 1. The van der Waals surface area contributed by atoms with Crippen LogP contribution in [0.5, 0.6) is 5.75 Å². The van der Waals surface area contributed by atoms with E-state index < -0.39 is 16.4 Å². The van der Waals surface area contributed by atoms with Crippen LogP contribution in [0, 0.1) is 16.0 Å². The molecule has 1 saturated carbocycles. The molecule has 0 saturated heterocycles. The second-order valence-corrected chi connectivity index (χ2v) is 5.72. The lowest BCUT2D eigenvalue weighted by Crippen LogP contribution is -2.54. The normalized spacial score (nSPS) is 17.1. The minimum Gasteiger partial charge on any atom is -0.488 e. The van der Waals surface area contributed by atoms with Gasteiger partial charge in [-0.1, -0.05) is 23.2 Å². The number of nitro benzene ring substituents is 1. The van der Waals surface area contributed by atoms with E-state index in [1.807, 2.05) is 0 Å². The number of carboxylic acid groups (broad SMARTS) is 1. The van der Waals surface area contributed by atoms with Gasteiger partial charge in [-0.15, -0.1) is 0 Å². The van der Waals surface area contributed by atoms with E-state index in [2.05, 4.69) is 0 Å². The Hall–Kier alpha value is -1.57. The molecule has 1 atom stereocenters. The second kappa shape index (κ2) is 5.67. The van der Waals surface area contributed by atoms with Crippen molar-refractivity contribution < 1.29 is 19.6 Å². The third kappa shape index (κ3) is 3.20. The van der Waals surface area contributed by atoms with E-state index in [-0.39, 0.29) is 34.0 Å². The molecular weight excluding hydrogens is 323 g/mol. The molecule has 1 fully saturated rings. The molecule has 1 aromatic carbocycles. The Morgan fingerprint density at radius 3 is 2.38 bits per heavy atom. The Bertz CT molecular complexity index is 582. The van der Waals surface area contributed by atoms with Crippen molar-refractivity contribution in [2.24, 2.45) is 11.7 Å². The van der Waals surface area contributed by atoms with Gasteiger partial charge in [-0.2, -0.15) is 0 Å². The summed E-state index contributed by atoms with van der Waals surface area (Å²) in [6.45, 7) is -0.315. The fraction of sp³-hybridized carbons (Fsp3) is 0.417. The topological polar surface area (TPSA) is 116 Å². The van der Waals surface area contributed by atoms with Crippen LogP contribution in [0.2, 0.25) is 10.0 Å². The molecule has 0 radical (unpaired) electrons. The molecule has 0 aromatic heterocycles. The average Bonchev–Trinajstić information content (AvgIpc) is 3.21. The summed E-state index contributed by atoms with van der Waals surface area (Å²) >= 11 is 11.8. The van der Waals surface area contributed by atoms with Crippen LogP contribution < -0.4 is 10.5 Å². The van der Waals surface area contributed by atoms with Gasteiger partial charge in [-0.25, -0.2) is 0 Å². The average molecular weight is 335 g/mol. The van der Waals surface area contributed by atoms with E-state index in [9.17, 15) is 20.0 Å². The summed E-state index contributed by atoms with van der Waals surface area (Å²) in [6, 6.07) is 2.16. The summed E-state index contributed by atoms with van der Waals surface area (Å²) in [6.07, 6.45) is 1.43. The predicted octanol–water partition coefficient (Wildman–Crippen LogP) is 2.47. The van der Waals surface area contributed by atoms with Gasteiger partial charge >= 0.3 is 5.97 Å². The molecular formula is C12H12Cl2N2O5. The maximum Gasteiger partial charge on any atom is 0.327 e. The highest BCUT2D eigenvalue weighted by molar-refractivity contribution is 6.37. The fourth-order valence-corrected chi connectivity index (χ4v) is 2.52. The lowest BCUT2D eigenvalue weighted by atomic mass is 9.96. The maximum atomic E-state index is 11.3. The molecule has 0 heterocycles. The third-order valence-electron chi connectivity index (χ3n) is 3.35. The molecule has 9 heteroatoms. The van der Waals surface area contributed by atoms with Gasteiger partial charge in [0.25, 0.3) is 5.69 Å². The van der Waals surface area contributed by atoms with E-state index in [1.165, 1.54) is 0 Å². The van der Waals surface area contributed by atoms with Crippen LogP contribution in [0.3, 0.4) is 0 Å². The lowest BCUT2D eigenvalue weighted by molar-refractivity contribution is -0.384. The molecule has 0 aliphatic heterocycles. The van der Waals surface area contributed by atoms with Gasteiger partial charge in [0.2, 0.25) is 0 Å². The zero-order valence-electron chi connectivity index (χ0n) is 10.7. The molecule has 3 N–H and O–H groups in total. The standard InChI is InChI=1S/C12H12Cl2N2O5/c13-8-3-7(16(19)20)4-9(14)10(8)21-5-12(15,11(17)18)6-1-2-6/h3-4,6H,1-2,5,15H2,(H,17,18). The van der Waals surface area contributed by atoms with Crippen LogP contribution >= 0.6 is 23.2 Å². The van der Waals surface area contributed by atoms with E-state index in [0.717, 1.165) is 12.1 Å². The monoisotopic (exact) mass is 334 g/mol. The first kappa shape index (κ1) is 15.8. The fourth-order valence-electron chi connectivity index (χ4n) is 1.93. The minimum atomic E-state index is -1.52. The number of non-ortho nitro benzene ring substituents is 1. The molecule has 114 valence electrons.